The van der Waals surface area contributed by atoms with E-state index in [0.717, 1.165) is 57.0 Å². The van der Waals surface area contributed by atoms with E-state index >= 15 is 0 Å². The highest BCUT2D eigenvalue weighted by molar-refractivity contribution is 5.98. The molecule has 2 N–H and O–H groups in total. The van der Waals surface area contributed by atoms with Crippen LogP contribution in [0, 0.1) is 19.8 Å². The van der Waals surface area contributed by atoms with Gasteiger partial charge >= 0.3 is 5.97 Å². The molecule has 1 saturated carbocycles. The Bertz CT molecular complexity index is 2250. The second-order valence-corrected chi connectivity index (χ2v) is 15.4. The normalized spacial score (nSPS) is 18.0. The lowest BCUT2D eigenvalue weighted by atomic mass is 9.91. The van der Waals surface area contributed by atoms with Crippen molar-refractivity contribution in [3.8, 4) is 28.4 Å². The van der Waals surface area contributed by atoms with Crippen LogP contribution in [0.25, 0.3) is 11.1 Å². The van der Waals surface area contributed by atoms with Crippen LogP contribution in [0.1, 0.15) is 75.7 Å². The molecule has 0 saturated heterocycles. The number of nitrogens with zero attached hydrogens (tertiary/aromatic N) is 2. The summed E-state index contributed by atoms with van der Waals surface area (Å²) in [5.74, 6) is 0.574. The zero-order valence-electron chi connectivity index (χ0n) is 32.3. The number of carbonyl (C=O) groups excluding carboxylic acids is 2. The van der Waals surface area contributed by atoms with Gasteiger partial charge in [0.25, 0.3) is 5.91 Å². The number of aryl methyl sites for hydroxylation is 1. The molecule has 10 heteroatoms. The van der Waals surface area contributed by atoms with E-state index < -0.39 is 24.0 Å². The van der Waals surface area contributed by atoms with E-state index in [1.807, 2.05) is 86.6 Å². The van der Waals surface area contributed by atoms with Crippen molar-refractivity contribution in [1.29, 1.82) is 0 Å². The van der Waals surface area contributed by atoms with Crippen molar-refractivity contribution in [2.24, 2.45) is 5.92 Å². The van der Waals surface area contributed by atoms with Gasteiger partial charge in [-0.25, -0.2) is 4.79 Å². The zero-order chi connectivity index (χ0) is 39.5. The highest BCUT2D eigenvalue weighted by Crippen LogP contribution is 2.41. The van der Waals surface area contributed by atoms with Crippen molar-refractivity contribution in [1.82, 2.24) is 15.2 Å². The van der Waals surface area contributed by atoms with Crippen molar-refractivity contribution in [3.63, 3.8) is 0 Å². The summed E-state index contributed by atoms with van der Waals surface area (Å²) in [6.07, 6.45) is 6.71. The van der Waals surface area contributed by atoms with Crippen molar-refractivity contribution < 1.29 is 33.7 Å². The quantitative estimate of drug-likeness (QED) is 0.139. The summed E-state index contributed by atoms with van der Waals surface area (Å²) in [6, 6.07) is 28.0. The second kappa shape index (κ2) is 16.5. The maximum atomic E-state index is 14.1. The Kier molecular flexibility index (Phi) is 10.9. The Balaban J connectivity index is 0.989. The SMILES string of the molecule is Cc1nccc(-c2ccc(CC(NC(=O)[C@@H]3Cc4cc5c(cc4CN3C(=O)c3ccccc3)O[C@@H](c3ccc(OCC4CCCC4)cc3)CO5)C(=O)O)cc2)c1C. The van der Waals surface area contributed by atoms with Crippen LogP contribution in [0.2, 0.25) is 0 Å². The number of aliphatic carboxylic acids is 1. The zero-order valence-corrected chi connectivity index (χ0v) is 32.3. The van der Waals surface area contributed by atoms with Gasteiger partial charge in [0.05, 0.1) is 6.61 Å². The molecule has 292 valence electrons. The fourth-order valence-electron chi connectivity index (χ4n) is 8.16. The molecular formula is C47H47N3O7. The smallest absolute Gasteiger partial charge is 0.326 e. The lowest BCUT2D eigenvalue weighted by Crippen LogP contribution is -2.56. The average Bonchev–Trinajstić information content (AvgIpc) is 3.77. The van der Waals surface area contributed by atoms with Gasteiger partial charge in [-0.1, -0.05) is 67.4 Å². The van der Waals surface area contributed by atoms with Crippen LogP contribution in [-0.2, 0) is 29.0 Å². The maximum absolute atomic E-state index is 14.1. The summed E-state index contributed by atoms with van der Waals surface area (Å²) in [6.45, 7) is 5.17. The lowest BCUT2D eigenvalue weighted by Gasteiger charge is -2.37. The number of carboxylic acids is 1. The average molecular weight is 766 g/mol. The first-order valence-corrected chi connectivity index (χ1v) is 19.8. The summed E-state index contributed by atoms with van der Waals surface area (Å²) >= 11 is 0. The van der Waals surface area contributed by atoms with Crippen molar-refractivity contribution in [2.45, 2.75) is 77.1 Å². The van der Waals surface area contributed by atoms with E-state index in [1.165, 1.54) is 30.6 Å². The van der Waals surface area contributed by atoms with Gasteiger partial charge in [0.1, 0.15) is 24.4 Å². The van der Waals surface area contributed by atoms with E-state index in [0.29, 0.717) is 29.6 Å². The fourth-order valence-corrected chi connectivity index (χ4v) is 8.16. The number of fused-ring (bicyclic) bond motifs is 2. The van der Waals surface area contributed by atoms with Gasteiger partial charge in [-0.15, -0.1) is 0 Å². The largest absolute Gasteiger partial charge is 0.493 e. The van der Waals surface area contributed by atoms with Gasteiger partial charge in [0, 0.05) is 36.8 Å². The molecule has 3 heterocycles. The Morgan fingerprint density at radius 3 is 2.39 bits per heavy atom. The van der Waals surface area contributed by atoms with Crippen LogP contribution in [0.5, 0.6) is 17.2 Å². The van der Waals surface area contributed by atoms with Crippen molar-refractivity contribution in [2.75, 3.05) is 13.2 Å². The van der Waals surface area contributed by atoms with Gasteiger partial charge in [-0.05, 0) is 114 Å². The topological polar surface area (TPSA) is 127 Å². The predicted octanol–water partition coefficient (Wildman–Crippen LogP) is 7.83. The number of carboxylic acid groups (broad SMARTS) is 1. The fraction of sp³-hybridized carbons (Fsp3) is 0.319. The molecule has 1 unspecified atom stereocenters. The number of amides is 2. The third-order valence-electron chi connectivity index (χ3n) is 11.6. The molecule has 0 radical (unpaired) electrons. The van der Waals surface area contributed by atoms with E-state index in [9.17, 15) is 19.5 Å². The Morgan fingerprint density at radius 2 is 1.65 bits per heavy atom. The highest BCUT2D eigenvalue weighted by atomic mass is 16.6. The first kappa shape index (κ1) is 37.7. The summed E-state index contributed by atoms with van der Waals surface area (Å²) in [7, 11) is 0. The Labute approximate surface area is 332 Å². The number of nitrogens with one attached hydrogen (secondary N) is 1. The molecular weight excluding hydrogens is 719 g/mol. The summed E-state index contributed by atoms with van der Waals surface area (Å²) in [4.78, 5) is 46.7. The Hall–Kier alpha value is -6.16. The molecule has 1 fully saturated rings. The monoisotopic (exact) mass is 765 g/mol. The van der Waals surface area contributed by atoms with Crippen LogP contribution in [0.15, 0.2) is 103 Å². The van der Waals surface area contributed by atoms with Crippen LogP contribution in [-0.4, -0.2) is 58.1 Å². The number of aromatic nitrogens is 1. The number of pyridine rings is 1. The van der Waals surface area contributed by atoms with Gasteiger partial charge < -0.3 is 29.5 Å². The molecule has 1 aromatic heterocycles. The van der Waals surface area contributed by atoms with Gasteiger partial charge in [-0.3, -0.25) is 14.6 Å². The summed E-state index contributed by atoms with van der Waals surface area (Å²) in [5.41, 5.74) is 7.89. The number of hydrogen-bond donors (Lipinski definition) is 2. The molecule has 1 aliphatic carbocycles. The molecule has 8 rings (SSSR count). The minimum Gasteiger partial charge on any atom is -0.493 e. The maximum Gasteiger partial charge on any atom is 0.326 e. The van der Waals surface area contributed by atoms with Crippen LogP contribution in [0.3, 0.4) is 0 Å². The van der Waals surface area contributed by atoms with E-state index in [1.54, 1.807) is 30.5 Å². The molecule has 2 aliphatic heterocycles. The molecule has 57 heavy (non-hydrogen) atoms. The summed E-state index contributed by atoms with van der Waals surface area (Å²) in [5, 5.41) is 13.0. The van der Waals surface area contributed by atoms with Gasteiger partial charge in [0.15, 0.2) is 17.6 Å². The van der Waals surface area contributed by atoms with Gasteiger partial charge in [-0.2, -0.15) is 0 Å². The van der Waals surface area contributed by atoms with Crippen LogP contribution in [0.4, 0.5) is 0 Å². The van der Waals surface area contributed by atoms with E-state index in [2.05, 4.69) is 10.3 Å². The lowest BCUT2D eigenvalue weighted by molar-refractivity contribution is -0.142. The molecule has 10 nitrogen and oxygen atoms in total. The highest BCUT2D eigenvalue weighted by Gasteiger charge is 2.38. The molecule has 5 aromatic rings. The first-order valence-electron chi connectivity index (χ1n) is 19.8. The predicted molar refractivity (Wildman–Crippen MR) is 215 cm³/mol. The number of benzene rings is 4. The molecule has 3 atom stereocenters. The van der Waals surface area contributed by atoms with Crippen molar-refractivity contribution in [3.05, 3.63) is 142 Å². The number of rotatable bonds is 11. The Morgan fingerprint density at radius 1 is 0.912 bits per heavy atom. The summed E-state index contributed by atoms with van der Waals surface area (Å²) < 4.78 is 18.8. The minimum atomic E-state index is -1.21. The first-order chi connectivity index (χ1) is 27.7. The third kappa shape index (κ3) is 8.36. The van der Waals surface area contributed by atoms with E-state index in [4.69, 9.17) is 14.2 Å². The standard InChI is InChI=1S/C47H47N3O7/c1-29-30(2)48-21-20-39(29)33-14-12-31(13-15-33)22-40(47(53)54)49-45(51)41-23-36-24-42-43(25-37(36)26-50(41)46(52)35-10-4-3-5-11-35)57-44(28-56-42)34-16-18-38(19-17-34)55-27-32-8-6-7-9-32/h3-5,10-21,24-25,32,40-41,44H,6-9,22-23,26-28H2,1-2H3,(H,49,51)(H,53,54)/t40?,41-,44+/m0/s1. The number of ether oxygens (including phenoxy) is 3. The van der Waals surface area contributed by atoms with Crippen LogP contribution < -0.4 is 19.5 Å². The minimum absolute atomic E-state index is 0.0711. The number of hydrogen-bond acceptors (Lipinski definition) is 7. The molecule has 0 spiro atoms. The van der Waals surface area contributed by atoms with Gasteiger partial charge in [0.2, 0.25) is 5.91 Å². The molecule has 2 amide bonds. The molecule has 3 aliphatic rings. The molecule has 4 aromatic carbocycles. The van der Waals surface area contributed by atoms with Crippen molar-refractivity contribution >= 4 is 17.8 Å². The third-order valence-corrected chi connectivity index (χ3v) is 11.6. The van der Waals surface area contributed by atoms with Crippen LogP contribution >= 0.6 is 0 Å². The number of carbonyl (C=O) groups is 3. The molecule has 0 bridgehead atoms. The second-order valence-electron chi connectivity index (χ2n) is 15.4. The van der Waals surface area contributed by atoms with E-state index in [-0.39, 0.29) is 31.4 Å².